The Labute approximate surface area is 183 Å². The molecule has 12 nitrogen and oxygen atoms in total. The number of imidazole rings is 2. The largest absolute Gasteiger partial charge is 0.329 e. The van der Waals surface area contributed by atoms with Crippen LogP contribution in [0.2, 0.25) is 0 Å². The Morgan fingerprint density at radius 3 is 1.47 bits per heavy atom. The molecule has 0 radical (unpaired) electrons. The summed E-state index contributed by atoms with van der Waals surface area (Å²) in [5, 5.41) is 0. The molecule has 0 amide bonds. The second-order valence-corrected chi connectivity index (χ2v) is 8.17. The van der Waals surface area contributed by atoms with Gasteiger partial charge >= 0.3 is 11.4 Å². The van der Waals surface area contributed by atoms with E-state index in [1.54, 1.807) is 9.13 Å². The van der Waals surface area contributed by atoms with Crippen LogP contribution in [0, 0.1) is 0 Å². The van der Waals surface area contributed by atoms with Crippen LogP contribution in [0.15, 0.2) is 28.6 Å². The van der Waals surface area contributed by atoms with Crippen LogP contribution in [0.3, 0.4) is 0 Å². The zero-order chi connectivity index (χ0) is 21.7. The summed E-state index contributed by atoms with van der Waals surface area (Å²) in [7, 11) is 3.08. The van der Waals surface area contributed by atoms with Crippen LogP contribution in [-0.2, 0) is 27.2 Å². The Morgan fingerprint density at radius 2 is 1.10 bits per heavy atom. The Bertz CT molecular complexity index is 1420. The van der Waals surface area contributed by atoms with Gasteiger partial charge in [0.25, 0.3) is 11.1 Å². The first kappa shape index (κ1) is 20.5. The molecule has 0 aromatic carbocycles. The van der Waals surface area contributed by atoms with Gasteiger partial charge in [0.05, 0.1) is 0 Å². The van der Waals surface area contributed by atoms with Crippen molar-refractivity contribution < 1.29 is 0 Å². The topological polar surface area (TPSA) is 145 Å². The average Bonchev–Trinajstić information content (AvgIpc) is 3.19. The fourth-order valence-electron chi connectivity index (χ4n) is 3.36. The van der Waals surface area contributed by atoms with Gasteiger partial charge in [-0.05, 0) is 44.7 Å². The molecule has 0 aliphatic rings. The molecule has 0 unspecified atom stereocenters. The molecule has 14 heteroatoms. The van der Waals surface area contributed by atoms with Crippen LogP contribution in [0.1, 0.15) is 12.8 Å². The molecule has 4 heterocycles. The number of aryl methyl sites for hydroxylation is 4. The van der Waals surface area contributed by atoms with Crippen molar-refractivity contribution in [2.24, 2.45) is 14.1 Å². The fourth-order valence-corrected chi connectivity index (χ4v) is 4.41. The van der Waals surface area contributed by atoms with E-state index in [0.717, 1.165) is 0 Å². The summed E-state index contributed by atoms with van der Waals surface area (Å²) in [6, 6.07) is 0. The number of hydrogen-bond donors (Lipinski definition) is 2. The van der Waals surface area contributed by atoms with Crippen molar-refractivity contribution in [3.05, 3.63) is 51.1 Å². The molecule has 158 valence electrons. The van der Waals surface area contributed by atoms with Gasteiger partial charge in [0.2, 0.25) is 0 Å². The third-order valence-electron chi connectivity index (χ3n) is 4.93. The molecule has 0 bridgehead atoms. The molecule has 0 aliphatic heterocycles. The van der Waals surface area contributed by atoms with Gasteiger partial charge in [-0.3, -0.25) is 28.7 Å². The Hall–Kier alpha value is -2.74. The number of halogens is 2. The number of nitrogens with zero attached hydrogens (tertiary/aromatic N) is 6. The second-order valence-electron chi connectivity index (χ2n) is 6.75. The standard InChI is InChI=1S/C16H16Br2N8O4/c1-23-9-7(11(27)21-15(23)29)25(13(17)19-9)5-3-4-6-26-8-10(20-14(26)18)24(2)16(30)22-12(8)28/h3-6H2,1-2H3,(H,21,27,29)(H,22,28,30). The van der Waals surface area contributed by atoms with E-state index in [1.165, 1.54) is 23.2 Å². The minimum atomic E-state index is -0.527. The average molecular weight is 544 g/mol. The van der Waals surface area contributed by atoms with Crippen molar-refractivity contribution >= 4 is 54.2 Å². The van der Waals surface area contributed by atoms with Crippen LogP contribution in [0.5, 0.6) is 0 Å². The second kappa shape index (κ2) is 7.50. The van der Waals surface area contributed by atoms with Crippen molar-refractivity contribution in [2.75, 3.05) is 0 Å². The smallest absolute Gasteiger partial charge is 0.313 e. The number of H-pyrrole nitrogens is 2. The molecule has 30 heavy (non-hydrogen) atoms. The number of fused-ring (bicyclic) bond motifs is 2. The highest BCUT2D eigenvalue weighted by molar-refractivity contribution is 9.10. The van der Waals surface area contributed by atoms with Crippen molar-refractivity contribution in [1.82, 2.24) is 38.2 Å². The number of nitrogens with one attached hydrogen (secondary N) is 2. The molecule has 4 rings (SSSR count). The predicted octanol–water partition coefficient (Wildman–Crippen LogP) is 0.165. The third kappa shape index (κ3) is 3.19. The molecule has 0 fully saturated rings. The number of hydrogen-bond acceptors (Lipinski definition) is 6. The van der Waals surface area contributed by atoms with Gasteiger partial charge in [-0.25, -0.2) is 19.6 Å². The zero-order valence-corrected chi connectivity index (χ0v) is 19.1. The van der Waals surface area contributed by atoms with E-state index < -0.39 is 22.5 Å². The summed E-state index contributed by atoms with van der Waals surface area (Å²) in [5.41, 5.74) is -0.835. The Kier molecular flexibility index (Phi) is 5.13. The first-order valence-corrected chi connectivity index (χ1v) is 10.5. The fraction of sp³-hybridized carbons (Fsp3) is 0.375. The molecule has 0 saturated heterocycles. The molecule has 4 aromatic heterocycles. The van der Waals surface area contributed by atoms with Crippen molar-refractivity contribution in [3.63, 3.8) is 0 Å². The van der Waals surface area contributed by atoms with E-state index in [1.807, 2.05) is 0 Å². The van der Waals surface area contributed by atoms with Gasteiger partial charge in [-0.15, -0.1) is 0 Å². The monoisotopic (exact) mass is 542 g/mol. The van der Waals surface area contributed by atoms with E-state index >= 15 is 0 Å². The van der Waals surface area contributed by atoms with Crippen LogP contribution in [-0.4, -0.2) is 38.2 Å². The highest BCUT2D eigenvalue weighted by Crippen LogP contribution is 2.19. The van der Waals surface area contributed by atoms with Gasteiger partial charge in [-0.1, -0.05) is 0 Å². The Morgan fingerprint density at radius 1 is 0.733 bits per heavy atom. The lowest BCUT2D eigenvalue weighted by atomic mass is 10.3. The molecular formula is C16H16Br2N8O4. The van der Waals surface area contributed by atoms with Crippen LogP contribution in [0.4, 0.5) is 0 Å². The maximum absolute atomic E-state index is 12.3. The lowest BCUT2D eigenvalue weighted by Gasteiger charge is -2.08. The predicted molar refractivity (Wildman–Crippen MR) is 116 cm³/mol. The highest BCUT2D eigenvalue weighted by atomic mass is 79.9. The van der Waals surface area contributed by atoms with Crippen molar-refractivity contribution in [1.29, 1.82) is 0 Å². The quantitative estimate of drug-likeness (QED) is 0.271. The first-order chi connectivity index (χ1) is 14.2. The van der Waals surface area contributed by atoms with Crippen LogP contribution >= 0.6 is 31.9 Å². The van der Waals surface area contributed by atoms with Gasteiger partial charge in [0, 0.05) is 27.2 Å². The highest BCUT2D eigenvalue weighted by Gasteiger charge is 2.17. The van der Waals surface area contributed by atoms with E-state index in [2.05, 4.69) is 51.8 Å². The van der Waals surface area contributed by atoms with Gasteiger partial charge in [0.1, 0.15) is 0 Å². The third-order valence-corrected chi connectivity index (χ3v) is 6.15. The molecule has 0 saturated carbocycles. The molecule has 0 spiro atoms. The zero-order valence-electron chi connectivity index (χ0n) is 15.9. The summed E-state index contributed by atoms with van der Waals surface area (Å²) in [6.07, 6.45) is 1.31. The summed E-state index contributed by atoms with van der Waals surface area (Å²) >= 11 is 6.69. The van der Waals surface area contributed by atoms with E-state index in [0.29, 0.717) is 57.7 Å². The molecule has 0 atom stereocenters. The number of aromatic amines is 2. The minimum Gasteiger partial charge on any atom is -0.313 e. The van der Waals surface area contributed by atoms with Crippen molar-refractivity contribution in [3.8, 4) is 0 Å². The SMILES string of the molecule is Cn1c(=O)[nH]c(=O)c2c1nc(Br)n2CCCCn1c(Br)nc2c1c(=O)[nH]c(=O)n2C. The van der Waals surface area contributed by atoms with Crippen LogP contribution < -0.4 is 22.5 Å². The summed E-state index contributed by atoms with van der Waals surface area (Å²) in [6.45, 7) is 0.939. The van der Waals surface area contributed by atoms with E-state index in [9.17, 15) is 19.2 Å². The molecule has 4 aromatic rings. The van der Waals surface area contributed by atoms with E-state index in [4.69, 9.17) is 0 Å². The molecular weight excluding hydrogens is 528 g/mol. The molecule has 2 N–H and O–H groups in total. The van der Waals surface area contributed by atoms with Gasteiger partial charge in [-0.2, -0.15) is 0 Å². The normalized spacial score (nSPS) is 11.7. The molecule has 0 aliphatic carbocycles. The summed E-state index contributed by atoms with van der Waals surface area (Å²) in [5.74, 6) is 0. The number of unbranched alkanes of at least 4 members (excludes halogenated alkanes) is 1. The lowest BCUT2D eigenvalue weighted by molar-refractivity contribution is 0.555. The van der Waals surface area contributed by atoms with Gasteiger partial charge in [0.15, 0.2) is 31.8 Å². The first-order valence-electron chi connectivity index (χ1n) is 8.90. The summed E-state index contributed by atoms with van der Waals surface area (Å²) < 4.78 is 6.86. The van der Waals surface area contributed by atoms with Gasteiger partial charge < -0.3 is 9.13 Å². The number of aromatic nitrogens is 8. The minimum absolute atomic E-state index is 0.298. The Balaban J connectivity index is 1.59. The van der Waals surface area contributed by atoms with Crippen molar-refractivity contribution in [2.45, 2.75) is 25.9 Å². The maximum Gasteiger partial charge on any atom is 0.329 e. The summed E-state index contributed by atoms with van der Waals surface area (Å²) in [4.78, 5) is 61.1. The maximum atomic E-state index is 12.3. The number of rotatable bonds is 5. The van der Waals surface area contributed by atoms with E-state index in [-0.39, 0.29) is 0 Å². The van der Waals surface area contributed by atoms with Crippen LogP contribution in [0.25, 0.3) is 22.3 Å². The lowest BCUT2D eigenvalue weighted by Crippen LogP contribution is -2.29.